The van der Waals surface area contributed by atoms with Crippen molar-refractivity contribution in [3.63, 3.8) is 0 Å². The third-order valence-corrected chi connectivity index (χ3v) is 4.59. The number of alkyl halides is 5. The molecule has 8 heteroatoms. The van der Waals surface area contributed by atoms with Gasteiger partial charge in [0.05, 0.1) is 0 Å². The van der Waals surface area contributed by atoms with Gasteiger partial charge in [-0.1, -0.05) is 61.9 Å². The zero-order valence-corrected chi connectivity index (χ0v) is 17.5. The van der Waals surface area contributed by atoms with Gasteiger partial charge in [0.2, 0.25) is 0 Å². The molecule has 3 aromatic rings. The second-order valence-corrected chi connectivity index (χ2v) is 7.21. The molecule has 3 rings (SSSR count). The van der Waals surface area contributed by atoms with E-state index in [1.54, 1.807) is 24.3 Å². The topological polar surface area (TPSA) is 18.5 Å². The molecule has 0 heterocycles. The number of halogens is 6. The van der Waals surface area contributed by atoms with Crippen LogP contribution in [0, 0.1) is 5.82 Å². The van der Waals surface area contributed by atoms with Crippen LogP contribution in [0.15, 0.2) is 72.8 Å². The lowest BCUT2D eigenvalue weighted by Gasteiger charge is -2.15. The van der Waals surface area contributed by atoms with Crippen LogP contribution in [0.25, 0.3) is 17.2 Å². The fourth-order valence-electron chi connectivity index (χ4n) is 3.08. The molecule has 0 aliphatic rings. The Morgan fingerprint density at radius 3 is 1.94 bits per heavy atom. The quantitative estimate of drug-likeness (QED) is 0.313. The van der Waals surface area contributed by atoms with Crippen molar-refractivity contribution in [1.29, 1.82) is 0 Å². The first-order chi connectivity index (χ1) is 15.5. The molecule has 0 saturated carbocycles. The summed E-state index contributed by atoms with van der Waals surface area (Å²) >= 11 is 0. The lowest BCUT2D eigenvalue weighted by atomic mass is 10.0. The van der Waals surface area contributed by atoms with Gasteiger partial charge >= 0.3 is 12.5 Å². The Hall–Kier alpha value is -3.42. The van der Waals surface area contributed by atoms with Crippen LogP contribution >= 0.6 is 0 Å². The lowest BCUT2D eigenvalue weighted by molar-refractivity contribution is -0.275. The highest BCUT2D eigenvalue weighted by molar-refractivity contribution is 5.66. The first-order valence-electron chi connectivity index (χ1n) is 10.1. The molecule has 0 aromatic heterocycles. The summed E-state index contributed by atoms with van der Waals surface area (Å²) in [5.41, 5.74) is 3.64. The van der Waals surface area contributed by atoms with E-state index in [1.807, 2.05) is 12.1 Å². The molecule has 0 spiro atoms. The molecule has 0 amide bonds. The van der Waals surface area contributed by atoms with E-state index in [2.05, 4.69) is 28.5 Å². The van der Waals surface area contributed by atoms with Crippen molar-refractivity contribution in [1.82, 2.24) is 0 Å². The second-order valence-electron chi connectivity index (χ2n) is 7.21. The van der Waals surface area contributed by atoms with Gasteiger partial charge in [0.15, 0.2) is 11.6 Å². The van der Waals surface area contributed by atoms with E-state index < -0.39 is 29.8 Å². The van der Waals surface area contributed by atoms with Crippen LogP contribution in [0.1, 0.15) is 24.5 Å². The first-order valence-corrected chi connectivity index (χ1v) is 10.1. The zero-order valence-electron chi connectivity index (χ0n) is 17.5. The van der Waals surface area contributed by atoms with Crippen LogP contribution in [0.3, 0.4) is 0 Å². The highest BCUT2D eigenvalue weighted by Crippen LogP contribution is 2.31. The molecule has 0 unspecified atom stereocenters. The van der Waals surface area contributed by atoms with Crippen molar-refractivity contribution in [2.75, 3.05) is 0 Å². The maximum Gasteiger partial charge on any atom is 0.573 e. The molecule has 0 fully saturated rings. The lowest BCUT2D eigenvalue weighted by Crippen LogP contribution is -2.21. The van der Waals surface area contributed by atoms with Crippen molar-refractivity contribution in [3.8, 4) is 22.6 Å². The minimum Gasteiger partial charge on any atom is -0.429 e. The summed E-state index contributed by atoms with van der Waals surface area (Å²) in [6.45, 7) is 2.11. The predicted octanol–water partition coefficient (Wildman–Crippen LogP) is 8.03. The summed E-state index contributed by atoms with van der Waals surface area (Å²) in [5.74, 6) is -3.28. The summed E-state index contributed by atoms with van der Waals surface area (Å²) in [7, 11) is 0. The van der Waals surface area contributed by atoms with Crippen LogP contribution in [0.5, 0.6) is 11.5 Å². The molecule has 0 aliphatic carbocycles. The van der Waals surface area contributed by atoms with E-state index >= 15 is 0 Å². The van der Waals surface area contributed by atoms with Crippen molar-refractivity contribution in [3.05, 3.63) is 89.8 Å². The molecule has 0 bridgehead atoms. The molecule has 174 valence electrons. The summed E-state index contributed by atoms with van der Waals surface area (Å²) in [5, 5.41) is 0. The predicted molar refractivity (Wildman–Crippen MR) is 114 cm³/mol. The normalized spacial score (nSPS) is 12.2. The van der Waals surface area contributed by atoms with E-state index in [9.17, 15) is 26.3 Å². The largest absolute Gasteiger partial charge is 0.573 e. The number of hydrogen-bond acceptors (Lipinski definition) is 2. The molecule has 3 aromatic carbocycles. The van der Waals surface area contributed by atoms with E-state index in [0.29, 0.717) is 23.8 Å². The Kier molecular flexibility index (Phi) is 7.36. The van der Waals surface area contributed by atoms with Gasteiger partial charge in [-0.05, 0) is 46.9 Å². The highest BCUT2D eigenvalue weighted by Gasteiger charge is 2.33. The molecule has 0 radical (unpaired) electrons. The second kappa shape index (κ2) is 10.0. The maximum atomic E-state index is 14.1. The number of rotatable bonds is 8. The van der Waals surface area contributed by atoms with E-state index in [0.717, 1.165) is 36.1 Å². The Balaban J connectivity index is 1.65. The van der Waals surface area contributed by atoms with E-state index in [4.69, 9.17) is 0 Å². The monoisotopic (exact) mass is 466 g/mol. The Labute approximate surface area is 187 Å². The van der Waals surface area contributed by atoms with Gasteiger partial charge in [-0.2, -0.15) is 8.78 Å². The zero-order chi connectivity index (χ0) is 24.1. The fraction of sp³-hybridized carbons (Fsp3) is 0.200. The van der Waals surface area contributed by atoms with Gasteiger partial charge in [-0.15, -0.1) is 13.2 Å². The van der Waals surface area contributed by atoms with Gasteiger partial charge in [0.1, 0.15) is 5.75 Å². The number of aryl methyl sites for hydroxylation is 1. The molecule has 0 aliphatic heterocycles. The van der Waals surface area contributed by atoms with Crippen LogP contribution < -0.4 is 9.47 Å². The van der Waals surface area contributed by atoms with Crippen LogP contribution in [-0.2, 0) is 6.42 Å². The number of ether oxygens (including phenoxy) is 2. The summed E-state index contributed by atoms with van der Waals surface area (Å²) in [6, 6.07) is 16.7. The average molecular weight is 466 g/mol. The van der Waals surface area contributed by atoms with Gasteiger partial charge in [-0.3, -0.25) is 0 Å². The van der Waals surface area contributed by atoms with Gasteiger partial charge in [0, 0.05) is 12.1 Å². The highest BCUT2D eigenvalue weighted by atomic mass is 19.4. The smallest absolute Gasteiger partial charge is 0.429 e. The Morgan fingerprint density at radius 1 is 0.788 bits per heavy atom. The van der Waals surface area contributed by atoms with E-state index in [-0.39, 0.29) is 0 Å². The molecular weight excluding hydrogens is 446 g/mol. The van der Waals surface area contributed by atoms with Crippen LogP contribution in [-0.4, -0.2) is 12.5 Å². The molecule has 2 nitrogen and oxygen atoms in total. The molecule has 0 atom stereocenters. The third-order valence-electron chi connectivity index (χ3n) is 4.59. The minimum absolute atomic E-state index is 0.392. The standard InChI is InChI=1S/C25H20F6O2/c1-2-3-17-4-8-19(9-5-17)20-10-6-18(7-11-20)14-15-24(27,28)32-21-12-13-23(22(26)16-21)33-25(29,30)31/h4-16H,2-3H2,1H3/b15-14+. The Morgan fingerprint density at radius 2 is 1.39 bits per heavy atom. The molecule has 0 saturated heterocycles. The minimum atomic E-state index is -5.11. The number of benzene rings is 3. The fourth-order valence-corrected chi connectivity index (χ4v) is 3.08. The van der Waals surface area contributed by atoms with E-state index in [1.165, 1.54) is 5.56 Å². The first kappa shape index (κ1) is 24.2. The SMILES string of the molecule is CCCc1ccc(-c2ccc(/C=C/C(F)(F)Oc3ccc(OC(F)(F)F)c(F)c3)cc2)cc1. The maximum absolute atomic E-state index is 14.1. The van der Waals surface area contributed by atoms with Gasteiger partial charge in [-0.25, -0.2) is 4.39 Å². The molecule has 0 N–H and O–H groups in total. The number of hydrogen-bond donors (Lipinski definition) is 0. The van der Waals surface area contributed by atoms with Crippen LogP contribution in [0.4, 0.5) is 26.3 Å². The van der Waals surface area contributed by atoms with Crippen molar-refractivity contribution in [2.45, 2.75) is 32.2 Å². The molecular formula is C25H20F6O2. The van der Waals surface area contributed by atoms with Crippen molar-refractivity contribution in [2.24, 2.45) is 0 Å². The van der Waals surface area contributed by atoms with Gasteiger partial charge < -0.3 is 9.47 Å². The summed E-state index contributed by atoms with van der Waals surface area (Å²) in [4.78, 5) is 0. The average Bonchev–Trinajstić information content (AvgIpc) is 2.74. The van der Waals surface area contributed by atoms with Crippen molar-refractivity contribution < 1.29 is 35.8 Å². The summed E-state index contributed by atoms with van der Waals surface area (Å²) < 4.78 is 86.3. The summed E-state index contributed by atoms with van der Waals surface area (Å²) in [6.07, 6.45) is -5.28. The van der Waals surface area contributed by atoms with Crippen LogP contribution in [0.2, 0.25) is 0 Å². The Bertz CT molecular complexity index is 1090. The van der Waals surface area contributed by atoms with Crippen molar-refractivity contribution >= 4 is 6.08 Å². The third kappa shape index (κ3) is 7.30. The van der Waals surface area contributed by atoms with Gasteiger partial charge in [0.25, 0.3) is 0 Å². The molecule has 33 heavy (non-hydrogen) atoms.